The van der Waals surface area contributed by atoms with Crippen molar-refractivity contribution in [1.82, 2.24) is 19.6 Å². The van der Waals surface area contributed by atoms with E-state index in [4.69, 9.17) is 0 Å². The fourth-order valence-corrected chi connectivity index (χ4v) is 3.63. The number of imidazole rings is 1. The summed E-state index contributed by atoms with van der Waals surface area (Å²) in [5, 5.41) is 2.68. The van der Waals surface area contributed by atoms with Crippen molar-refractivity contribution in [1.29, 1.82) is 0 Å². The maximum Gasteiger partial charge on any atom is 0.243 e. The van der Waals surface area contributed by atoms with Crippen LogP contribution in [-0.2, 0) is 21.4 Å². The van der Waals surface area contributed by atoms with Gasteiger partial charge in [0.1, 0.15) is 5.82 Å². The van der Waals surface area contributed by atoms with Crippen molar-refractivity contribution >= 4 is 27.0 Å². The Morgan fingerprint density at radius 2 is 1.85 bits per heavy atom. The van der Waals surface area contributed by atoms with Gasteiger partial charge in [0.05, 0.1) is 29.0 Å². The van der Waals surface area contributed by atoms with E-state index in [1.165, 1.54) is 19.2 Å². The van der Waals surface area contributed by atoms with E-state index >= 15 is 0 Å². The lowest BCUT2D eigenvalue weighted by Gasteiger charge is -2.16. The number of amides is 1. The Hall–Kier alpha value is -2.71. The molecule has 0 bridgehead atoms. The molecule has 0 saturated heterocycles. The van der Waals surface area contributed by atoms with Crippen LogP contribution >= 0.6 is 0 Å². The van der Waals surface area contributed by atoms with Crippen LogP contribution in [0.25, 0.3) is 11.0 Å². The van der Waals surface area contributed by atoms with Gasteiger partial charge in [0.2, 0.25) is 15.9 Å². The maximum atomic E-state index is 12.5. The Balaban J connectivity index is 1.60. The zero-order valence-electron chi connectivity index (χ0n) is 14.6. The molecule has 7 nitrogen and oxygen atoms in total. The van der Waals surface area contributed by atoms with E-state index in [1.54, 1.807) is 12.1 Å². The minimum Gasteiger partial charge on any atom is -0.348 e. The molecule has 136 valence electrons. The van der Waals surface area contributed by atoms with Gasteiger partial charge < -0.3 is 10.3 Å². The van der Waals surface area contributed by atoms with Crippen molar-refractivity contribution in [2.24, 2.45) is 0 Å². The molecule has 1 amide bonds. The van der Waals surface area contributed by atoms with Crippen molar-refractivity contribution in [3.05, 3.63) is 59.9 Å². The predicted molar refractivity (Wildman–Crippen MR) is 98.9 cm³/mol. The number of benzene rings is 2. The first-order valence-electron chi connectivity index (χ1n) is 8.09. The van der Waals surface area contributed by atoms with Crippen LogP contribution in [0.15, 0.2) is 53.4 Å². The Morgan fingerprint density at radius 1 is 1.15 bits per heavy atom. The van der Waals surface area contributed by atoms with Crippen LogP contribution in [-0.4, -0.2) is 42.2 Å². The van der Waals surface area contributed by atoms with E-state index in [1.807, 2.05) is 31.2 Å². The van der Waals surface area contributed by atoms with Gasteiger partial charge in [-0.25, -0.2) is 13.4 Å². The maximum absolute atomic E-state index is 12.5. The summed E-state index contributed by atoms with van der Waals surface area (Å²) in [6.07, 6.45) is 0. The number of carbonyl (C=O) groups excluding carboxylic acids is 1. The number of rotatable bonds is 6. The highest BCUT2D eigenvalue weighted by Gasteiger charge is 2.22. The molecule has 1 heterocycles. The third kappa shape index (κ3) is 3.92. The van der Waals surface area contributed by atoms with E-state index < -0.39 is 15.9 Å². The van der Waals surface area contributed by atoms with Gasteiger partial charge in [-0.05, 0) is 31.2 Å². The summed E-state index contributed by atoms with van der Waals surface area (Å²) in [6.45, 7) is 1.81. The molecule has 0 saturated carbocycles. The monoisotopic (exact) mass is 372 g/mol. The smallest absolute Gasteiger partial charge is 0.243 e. The van der Waals surface area contributed by atoms with E-state index in [-0.39, 0.29) is 18.0 Å². The second-order valence-electron chi connectivity index (χ2n) is 6.05. The number of nitrogens with zero attached hydrogens (tertiary/aromatic N) is 2. The molecule has 2 N–H and O–H groups in total. The lowest BCUT2D eigenvalue weighted by Crippen LogP contribution is -2.38. The molecule has 0 atom stereocenters. The number of H-pyrrole nitrogens is 1. The average Bonchev–Trinajstić information content (AvgIpc) is 3.03. The molecule has 0 aliphatic rings. The van der Waals surface area contributed by atoms with Crippen LogP contribution in [0.1, 0.15) is 11.4 Å². The van der Waals surface area contributed by atoms with Gasteiger partial charge >= 0.3 is 0 Å². The van der Waals surface area contributed by atoms with Crippen LogP contribution < -0.4 is 5.32 Å². The first kappa shape index (κ1) is 18.1. The van der Waals surface area contributed by atoms with E-state index in [0.29, 0.717) is 5.82 Å². The normalized spacial score (nSPS) is 11.8. The van der Waals surface area contributed by atoms with Crippen LogP contribution in [0.4, 0.5) is 0 Å². The summed E-state index contributed by atoms with van der Waals surface area (Å²) < 4.78 is 26.0. The number of aromatic amines is 1. The molecule has 2 aromatic carbocycles. The van der Waals surface area contributed by atoms with Gasteiger partial charge in [-0.1, -0.05) is 29.8 Å². The predicted octanol–water partition coefficient (Wildman–Crippen LogP) is 1.81. The van der Waals surface area contributed by atoms with E-state index in [0.717, 1.165) is 20.9 Å². The number of hydrogen-bond acceptors (Lipinski definition) is 4. The molecule has 0 fully saturated rings. The number of aromatic nitrogens is 2. The molecule has 0 aliphatic heterocycles. The Morgan fingerprint density at radius 3 is 2.54 bits per heavy atom. The van der Waals surface area contributed by atoms with Gasteiger partial charge in [0.15, 0.2) is 0 Å². The fraction of sp³-hybridized carbons (Fsp3) is 0.222. The largest absolute Gasteiger partial charge is 0.348 e. The van der Waals surface area contributed by atoms with Crippen LogP contribution in [0, 0.1) is 6.92 Å². The second kappa shape index (κ2) is 7.27. The van der Waals surface area contributed by atoms with Crippen LogP contribution in [0.3, 0.4) is 0 Å². The summed E-state index contributed by atoms with van der Waals surface area (Å²) in [5.74, 6) is 0.215. The van der Waals surface area contributed by atoms with Gasteiger partial charge in [-0.2, -0.15) is 4.31 Å². The molecule has 0 aliphatic carbocycles. The average molecular weight is 372 g/mol. The van der Waals surface area contributed by atoms with Gasteiger partial charge in [0.25, 0.3) is 0 Å². The molecular weight excluding hydrogens is 352 g/mol. The molecule has 0 spiro atoms. The first-order chi connectivity index (χ1) is 12.4. The number of aryl methyl sites for hydroxylation is 1. The van der Waals surface area contributed by atoms with Crippen molar-refractivity contribution < 1.29 is 13.2 Å². The summed E-state index contributed by atoms with van der Waals surface area (Å²) in [7, 11) is -2.32. The van der Waals surface area contributed by atoms with Gasteiger partial charge in [-0.15, -0.1) is 0 Å². The van der Waals surface area contributed by atoms with E-state index in [2.05, 4.69) is 15.3 Å². The van der Waals surface area contributed by atoms with Crippen LogP contribution in [0.5, 0.6) is 0 Å². The minimum absolute atomic E-state index is 0.163. The zero-order valence-corrected chi connectivity index (χ0v) is 15.4. The number of sulfonamides is 1. The molecule has 1 aromatic heterocycles. The first-order valence-corrected chi connectivity index (χ1v) is 9.53. The standard InChI is InChI=1S/C18H20N4O3S/c1-13-7-9-14(10-8-13)26(24,25)22(2)12-18(23)19-11-17-20-15-5-3-4-6-16(15)21-17/h3-10H,11-12H2,1-2H3,(H,19,23)(H,20,21). The topological polar surface area (TPSA) is 95.2 Å². The highest BCUT2D eigenvalue weighted by atomic mass is 32.2. The summed E-state index contributed by atoms with van der Waals surface area (Å²) in [5.41, 5.74) is 2.67. The molecule has 0 radical (unpaired) electrons. The van der Waals surface area contributed by atoms with Gasteiger partial charge in [0, 0.05) is 7.05 Å². The molecule has 3 rings (SSSR count). The van der Waals surface area contributed by atoms with Crippen molar-refractivity contribution in [2.75, 3.05) is 13.6 Å². The number of para-hydroxylation sites is 2. The molecular formula is C18H20N4O3S. The van der Waals surface area contributed by atoms with Crippen molar-refractivity contribution in [2.45, 2.75) is 18.4 Å². The van der Waals surface area contributed by atoms with E-state index in [9.17, 15) is 13.2 Å². The number of hydrogen-bond donors (Lipinski definition) is 2. The quantitative estimate of drug-likeness (QED) is 0.690. The molecule has 3 aromatic rings. The molecule has 0 unspecified atom stereocenters. The lowest BCUT2D eigenvalue weighted by atomic mass is 10.2. The number of carbonyl (C=O) groups is 1. The Bertz CT molecular complexity index is 993. The third-order valence-electron chi connectivity index (χ3n) is 3.99. The SMILES string of the molecule is Cc1ccc(S(=O)(=O)N(C)CC(=O)NCc2nc3ccccc3[nH]2)cc1. The van der Waals surface area contributed by atoms with Crippen LogP contribution in [0.2, 0.25) is 0 Å². The summed E-state index contributed by atoms with van der Waals surface area (Å²) in [6, 6.07) is 14.1. The van der Waals surface area contributed by atoms with Crippen molar-refractivity contribution in [3.8, 4) is 0 Å². The lowest BCUT2D eigenvalue weighted by molar-refractivity contribution is -0.121. The summed E-state index contributed by atoms with van der Waals surface area (Å²) >= 11 is 0. The number of fused-ring (bicyclic) bond motifs is 1. The highest BCUT2D eigenvalue weighted by Crippen LogP contribution is 2.15. The number of likely N-dealkylation sites (N-methyl/N-ethyl adjacent to an activating group) is 1. The molecule has 26 heavy (non-hydrogen) atoms. The minimum atomic E-state index is -3.71. The Labute approximate surface area is 152 Å². The third-order valence-corrected chi connectivity index (χ3v) is 5.80. The number of nitrogens with one attached hydrogen (secondary N) is 2. The Kier molecular flexibility index (Phi) is 5.06. The fourth-order valence-electron chi connectivity index (χ4n) is 2.50. The molecule has 8 heteroatoms. The van der Waals surface area contributed by atoms with Crippen molar-refractivity contribution in [3.63, 3.8) is 0 Å². The van der Waals surface area contributed by atoms with Gasteiger partial charge in [-0.3, -0.25) is 4.79 Å². The second-order valence-corrected chi connectivity index (χ2v) is 8.10. The summed E-state index contributed by atoms with van der Waals surface area (Å²) in [4.78, 5) is 19.8. The zero-order chi connectivity index (χ0) is 18.7. The highest BCUT2D eigenvalue weighted by molar-refractivity contribution is 7.89.